The summed E-state index contributed by atoms with van der Waals surface area (Å²) in [7, 11) is -13.5. The molecule has 0 amide bonds. The lowest BCUT2D eigenvalue weighted by molar-refractivity contribution is -0.0446. The van der Waals surface area contributed by atoms with Crippen LogP contribution in [0.5, 0.6) is 0 Å². The zero-order valence-electron chi connectivity index (χ0n) is 13.5. The summed E-state index contributed by atoms with van der Waals surface area (Å²) in [5.41, 5.74) is 0. The van der Waals surface area contributed by atoms with Crippen LogP contribution in [0.25, 0.3) is 0 Å². The van der Waals surface area contributed by atoms with E-state index in [0.717, 1.165) is 0 Å². The monoisotopic (exact) mass is 428 g/mol. The van der Waals surface area contributed by atoms with E-state index in [2.05, 4.69) is 0 Å². The Morgan fingerprint density at radius 2 is 1.12 bits per heavy atom. The molecule has 152 valence electrons. The molecule has 0 saturated carbocycles. The van der Waals surface area contributed by atoms with Crippen molar-refractivity contribution < 1.29 is 49.1 Å². The third kappa shape index (κ3) is 9.79. The van der Waals surface area contributed by atoms with Crippen molar-refractivity contribution in [3.05, 3.63) is 0 Å². The highest BCUT2D eigenvalue weighted by Crippen LogP contribution is 2.20. The maximum Gasteiger partial charge on any atom is 0.272 e. The van der Waals surface area contributed by atoms with Gasteiger partial charge in [0.25, 0.3) is 30.4 Å². The maximum atomic E-state index is 11.3. The highest BCUT2D eigenvalue weighted by atomic mass is 32.2. The summed E-state index contributed by atoms with van der Waals surface area (Å²) >= 11 is 0. The van der Waals surface area contributed by atoms with Crippen LogP contribution < -0.4 is 0 Å². The number of aliphatic hydroxyl groups is 2. The largest absolute Gasteiger partial charge is 0.367 e. The van der Waals surface area contributed by atoms with E-state index < -0.39 is 58.8 Å². The smallest absolute Gasteiger partial charge is 0.272 e. The number of rotatable bonds is 12. The Balaban J connectivity index is 4.72. The standard InChI is InChI=1S/C11H24O11S3/c1-8(23(14,15)16)4-2-5-9(24(17,18)19)6-3-7-10(11(12)13)25(20,21)22/h8-13H,2-7H2,1H3,(H,14,15,16)(H,17,18,19)(H,20,21,22). The van der Waals surface area contributed by atoms with Gasteiger partial charge in [0.2, 0.25) is 0 Å². The second kappa shape index (κ2) is 9.55. The van der Waals surface area contributed by atoms with Gasteiger partial charge in [-0.1, -0.05) is 12.8 Å². The zero-order valence-corrected chi connectivity index (χ0v) is 15.9. The van der Waals surface area contributed by atoms with Gasteiger partial charge < -0.3 is 10.2 Å². The van der Waals surface area contributed by atoms with Crippen LogP contribution in [0.15, 0.2) is 0 Å². The molecule has 0 bridgehead atoms. The minimum Gasteiger partial charge on any atom is -0.367 e. The van der Waals surface area contributed by atoms with Crippen molar-refractivity contribution in [2.45, 2.75) is 67.5 Å². The fraction of sp³-hybridized carbons (Fsp3) is 1.00. The Kier molecular flexibility index (Phi) is 9.41. The van der Waals surface area contributed by atoms with Crippen LogP contribution in [0.2, 0.25) is 0 Å². The minimum atomic E-state index is -4.75. The van der Waals surface area contributed by atoms with Gasteiger partial charge in [0.15, 0.2) is 6.29 Å². The molecule has 0 aliphatic carbocycles. The van der Waals surface area contributed by atoms with Crippen molar-refractivity contribution in [1.82, 2.24) is 0 Å². The highest BCUT2D eigenvalue weighted by Gasteiger charge is 2.31. The molecule has 0 radical (unpaired) electrons. The van der Waals surface area contributed by atoms with Gasteiger partial charge in [0, 0.05) is 0 Å². The fourth-order valence-electron chi connectivity index (χ4n) is 2.22. The second-order valence-corrected chi connectivity index (χ2v) is 11.0. The van der Waals surface area contributed by atoms with E-state index in [-0.39, 0.29) is 32.1 Å². The molecule has 3 unspecified atom stereocenters. The first kappa shape index (κ1) is 24.7. The van der Waals surface area contributed by atoms with Gasteiger partial charge in [-0.3, -0.25) is 13.7 Å². The molecule has 0 spiro atoms. The SMILES string of the molecule is CC(CCCC(CCCC(C(O)O)S(=O)(=O)O)S(=O)(=O)O)S(=O)(=O)O. The van der Waals surface area contributed by atoms with E-state index >= 15 is 0 Å². The molecule has 14 heteroatoms. The van der Waals surface area contributed by atoms with Crippen molar-refractivity contribution in [3.63, 3.8) is 0 Å². The lowest BCUT2D eigenvalue weighted by Crippen LogP contribution is -2.34. The molecular weight excluding hydrogens is 404 g/mol. The first-order valence-electron chi connectivity index (χ1n) is 7.31. The molecule has 0 aliphatic rings. The van der Waals surface area contributed by atoms with Crippen molar-refractivity contribution in [2.75, 3.05) is 0 Å². The summed E-state index contributed by atoms with van der Waals surface area (Å²) in [4.78, 5) is 0. The molecule has 0 heterocycles. The molecule has 3 atom stereocenters. The van der Waals surface area contributed by atoms with E-state index in [0.29, 0.717) is 0 Å². The maximum absolute atomic E-state index is 11.3. The molecule has 0 aromatic carbocycles. The molecular formula is C11H24O11S3. The van der Waals surface area contributed by atoms with Crippen LogP contribution in [0, 0.1) is 0 Å². The summed E-state index contributed by atoms with van der Waals surface area (Å²) in [6, 6.07) is 0. The van der Waals surface area contributed by atoms with Gasteiger partial charge >= 0.3 is 0 Å². The molecule has 25 heavy (non-hydrogen) atoms. The van der Waals surface area contributed by atoms with E-state index in [4.69, 9.17) is 19.3 Å². The zero-order chi connectivity index (χ0) is 20.1. The Bertz CT molecular complexity index is 708. The van der Waals surface area contributed by atoms with Crippen molar-refractivity contribution in [3.8, 4) is 0 Å². The summed E-state index contributed by atoms with van der Waals surface area (Å²) < 4.78 is 93.2. The topological polar surface area (TPSA) is 204 Å². The Morgan fingerprint density at radius 3 is 1.44 bits per heavy atom. The third-order valence-corrected chi connectivity index (χ3v) is 7.61. The van der Waals surface area contributed by atoms with Crippen LogP contribution >= 0.6 is 0 Å². The molecule has 0 aromatic rings. The normalized spacial score (nSPS) is 17.4. The Hall–Kier alpha value is -0.350. The molecule has 11 nitrogen and oxygen atoms in total. The lowest BCUT2D eigenvalue weighted by Gasteiger charge is -2.18. The first-order chi connectivity index (χ1) is 11.1. The van der Waals surface area contributed by atoms with Gasteiger partial charge in [-0.15, -0.1) is 0 Å². The summed E-state index contributed by atoms with van der Waals surface area (Å²) in [5, 5.41) is 13.5. The van der Waals surface area contributed by atoms with Crippen LogP contribution in [-0.4, -0.2) is 71.2 Å². The third-order valence-electron chi connectivity index (χ3n) is 3.80. The molecule has 0 aromatic heterocycles. The van der Waals surface area contributed by atoms with E-state index in [1.54, 1.807) is 0 Å². The van der Waals surface area contributed by atoms with Gasteiger partial charge in [-0.2, -0.15) is 25.3 Å². The highest BCUT2D eigenvalue weighted by molar-refractivity contribution is 7.87. The predicted molar refractivity (Wildman–Crippen MR) is 87.6 cm³/mol. The number of aliphatic hydroxyl groups excluding tert-OH is 1. The van der Waals surface area contributed by atoms with Crippen LogP contribution in [0.3, 0.4) is 0 Å². The minimum absolute atomic E-state index is 0.0478. The second-order valence-electron chi connectivity index (χ2n) is 5.79. The Labute approximate surface area is 147 Å². The van der Waals surface area contributed by atoms with Gasteiger partial charge in [-0.05, 0) is 32.6 Å². The van der Waals surface area contributed by atoms with Crippen LogP contribution in [-0.2, 0) is 30.4 Å². The molecule has 0 saturated heterocycles. The molecule has 0 rings (SSSR count). The predicted octanol–water partition coefficient (Wildman–Crippen LogP) is -0.573. The van der Waals surface area contributed by atoms with Crippen molar-refractivity contribution in [1.29, 1.82) is 0 Å². The first-order valence-corrected chi connectivity index (χ1v) is 11.8. The lowest BCUT2D eigenvalue weighted by atomic mass is 10.1. The summed E-state index contributed by atoms with van der Waals surface area (Å²) in [5.74, 6) is 0. The number of hydrogen-bond acceptors (Lipinski definition) is 8. The van der Waals surface area contributed by atoms with Gasteiger partial charge in [-0.25, -0.2) is 0 Å². The average Bonchev–Trinajstić information content (AvgIpc) is 2.36. The van der Waals surface area contributed by atoms with Gasteiger partial charge in [0.05, 0.1) is 10.5 Å². The Morgan fingerprint density at radius 1 is 0.680 bits per heavy atom. The van der Waals surface area contributed by atoms with Gasteiger partial charge in [0.1, 0.15) is 5.25 Å². The van der Waals surface area contributed by atoms with Crippen LogP contribution in [0.1, 0.15) is 45.4 Å². The van der Waals surface area contributed by atoms with E-state index in [9.17, 15) is 29.8 Å². The van der Waals surface area contributed by atoms with Crippen LogP contribution in [0.4, 0.5) is 0 Å². The molecule has 0 fully saturated rings. The molecule has 0 aliphatic heterocycles. The summed E-state index contributed by atoms with van der Waals surface area (Å²) in [6.45, 7) is 1.23. The fourth-order valence-corrected chi connectivity index (χ4v) is 4.39. The molecule has 5 N–H and O–H groups in total. The van der Waals surface area contributed by atoms with E-state index in [1.807, 2.05) is 0 Å². The summed E-state index contributed by atoms with van der Waals surface area (Å²) in [6.07, 6.45) is -3.35. The number of hydrogen-bond donors (Lipinski definition) is 5. The van der Waals surface area contributed by atoms with Crippen molar-refractivity contribution >= 4 is 30.4 Å². The van der Waals surface area contributed by atoms with E-state index in [1.165, 1.54) is 6.92 Å². The van der Waals surface area contributed by atoms with Crippen molar-refractivity contribution in [2.24, 2.45) is 0 Å². The quantitative estimate of drug-likeness (QED) is 0.196. The average molecular weight is 429 g/mol.